The van der Waals surface area contributed by atoms with E-state index in [9.17, 15) is 4.79 Å². The molecule has 6 heteroatoms. The van der Waals surface area contributed by atoms with Gasteiger partial charge in [-0.25, -0.2) is 9.97 Å². The molecule has 3 heterocycles. The van der Waals surface area contributed by atoms with E-state index in [2.05, 4.69) is 49.8 Å². The molecule has 0 bridgehead atoms. The molecule has 1 aliphatic heterocycles. The lowest BCUT2D eigenvalue weighted by atomic mass is 9.95. The third-order valence-corrected chi connectivity index (χ3v) is 6.80. The summed E-state index contributed by atoms with van der Waals surface area (Å²) in [5, 5.41) is 6.38. The number of carbonyl (C=O) groups is 1. The number of fused-ring (bicyclic) bond motifs is 1. The van der Waals surface area contributed by atoms with Crippen molar-refractivity contribution in [3.8, 4) is 11.1 Å². The SMILES string of the molecule is O=C(NCc1ccccc1)C1CCN(c2ncnc3scc(-c4ccccc4)c23)CC1. The van der Waals surface area contributed by atoms with Crippen LogP contribution in [0.5, 0.6) is 0 Å². The van der Waals surface area contributed by atoms with Gasteiger partial charge in [-0.1, -0.05) is 60.7 Å². The normalized spacial score (nSPS) is 14.6. The number of nitrogens with one attached hydrogen (secondary N) is 1. The minimum absolute atomic E-state index is 0.0494. The van der Waals surface area contributed by atoms with E-state index in [1.807, 2.05) is 36.4 Å². The number of benzene rings is 2. The predicted molar refractivity (Wildman–Crippen MR) is 126 cm³/mol. The first-order chi connectivity index (χ1) is 15.3. The molecule has 5 rings (SSSR count). The fourth-order valence-corrected chi connectivity index (χ4v) is 5.12. The number of rotatable bonds is 5. The van der Waals surface area contributed by atoms with Crippen LogP contribution >= 0.6 is 11.3 Å². The Hall–Kier alpha value is -3.25. The fourth-order valence-electron chi connectivity index (χ4n) is 4.21. The lowest BCUT2D eigenvalue weighted by Gasteiger charge is -2.32. The second kappa shape index (κ2) is 8.86. The molecule has 0 spiro atoms. The van der Waals surface area contributed by atoms with Gasteiger partial charge in [0.15, 0.2) is 0 Å². The van der Waals surface area contributed by atoms with Crippen molar-refractivity contribution in [2.45, 2.75) is 19.4 Å². The molecule has 0 saturated carbocycles. The summed E-state index contributed by atoms with van der Waals surface area (Å²) < 4.78 is 0. The van der Waals surface area contributed by atoms with Gasteiger partial charge in [0, 0.05) is 36.5 Å². The predicted octanol–water partition coefficient (Wildman–Crippen LogP) is 4.89. The maximum absolute atomic E-state index is 12.7. The summed E-state index contributed by atoms with van der Waals surface area (Å²) in [5.41, 5.74) is 3.49. The van der Waals surface area contributed by atoms with Gasteiger partial charge in [0.25, 0.3) is 0 Å². The topological polar surface area (TPSA) is 58.1 Å². The molecule has 0 unspecified atom stereocenters. The highest BCUT2D eigenvalue weighted by atomic mass is 32.1. The molecule has 1 saturated heterocycles. The van der Waals surface area contributed by atoms with E-state index in [4.69, 9.17) is 0 Å². The Bertz CT molecular complexity index is 1170. The molecule has 156 valence electrons. The Morgan fingerprint density at radius 1 is 1.00 bits per heavy atom. The van der Waals surface area contributed by atoms with Gasteiger partial charge in [0.2, 0.25) is 5.91 Å². The molecule has 2 aromatic carbocycles. The number of hydrogen-bond donors (Lipinski definition) is 1. The van der Waals surface area contributed by atoms with Crippen molar-refractivity contribution < 1.29 is 4.79 Å². The van der Waals surface area contributed by atoms with Crippen molar-refractivity contribution in [3.05, 3.63) is 77.9 Å². The minimum atomic E-state index is 0.0494. The zero-order chi connectivity index (χ0) is 21.0. The van der Waals surface area contributed by atoms with Gasteiger partial charge in [0.1, 0.15) is 17.0 Å². The highest BCUT2D eigenvalue weighted by Gasteiger charge is 2.27. The number of carbonyl (C=O) groups excluding carboxylic acids is 1. The number of amides is 1. The number of hydrogen-bond acceptors (Lipinski definition) is 5. The van der Waals surface area contributed by atoms with E-state index in [1.165, 1.54) is 11.1 Å². The average Bonchev–Trinajstić information content (AvgIpc) is 3.28. The van der Waals surface area contributed by atoms with E-state index in [0.717, 1.165) is 47.5 Å². The van der Waals surface area contributed by atoms with Gasteiger partial charge in [-0.15, -0.1) is 11.3 Å². The number of anilines is 1. The third-order valence-electron chi connectivity index (χ3n) is 5.91. The Labute approximate surface area is 185 Å². The Kier molecular flexibility index (Phi) is 5.63. The maximum atomic E-state index is 12.7. The van der Waals surface area contributed by atoms with E-state index < -0.39 is 0 Å². The number of aromatic nitrogens is 2. The van der Waals surface area contributed by atoms with E-state index in [-0.39, 0.29) is 11.8 Å². The molecule has 5 nitrogen and oxygen atoms in total. The van der Waals surface area contributed by atoms with E-state index >= 15 is 0 Å². The smallest absolute Gasteiger partial charge is 0.223 e. The highest BCUT2D eigenvalue weighted by Crippen LogP contribution is 2.38. The Balaban J connectivity index is 1.30. The lowest BCUT2D eigenvalue weighted by Crippen LogP contribution is -2.40. The summed E-state index contributed by atoms with van der Waals surface area (Å²) in [5.74, 6) is 1.18. The van der Waals surface area contributed by atoms with E-state index in [1.54, 1.807) is 17.7 Å². The number of nitrogens with zero attached hydrogens (tertiary/aromatic N) is 3. The maximum Gasteiger partial charge on any atom is 0.223 e. The van der Waals surface area contributed by atoms with Crippen LogP contribution in [-0.4, -0.2) is 29.0 Å². The van der Waals surface area contributed by atoms with Crippen LogP contribution in [0.3, 0.4) is 0 Å². The minimum Gasteiger partial charge on any atom is -0.356 e. The molecule has 0 aliphatic carbocycles. The zero-order valence-electron chi connectivity index (χ0n) is 17.2. The molecule has 2 aromatic heterocycles. The van der Waals surface area contributed by atoms with E-state index in [0.29, 0.717) is 6.54 Å². The number of thiophene rings is 1. The van der Waals surface area contributed by atoms with Crippen molar-refractivity contribution in [3.63, 3.8) is 0 Å². The molecule has 31 heavy (non-hydrogen) atoms. The van der Waals surface area contributed by atoms with Crippen LogP contribution in [-0.2, 0) is 11.3 Å². The van der Waals surface area contributed by atoms with Crippen molar-refractivity contribution in [2.24, 2.45) is 5.92 Å². The van der Waals surface area contributed by atoms with Gasteiger partial charge in [-0.05, 0) is 24.0 Å². The van der Waals surface area contributed by atoms with Crippen LogP contribution in [0.15, 0.2) is 72.4 Å². The molecule has 1 N–H and O–H groups in total. The average molecular weight is 429 g/mol. The first-order valence-electron chi connectivity index (χ1n) is 10.6. The van der Waals surface area contributed by atoms with Crippen LogP contribution in [0, 0.1) is 5.92 Å². The second-order valence-electron chi connectivity index (χ2n) is 7.86. The summed E-state index contributed by atoms with van der Waals surface area (Å²) in [4.78, 5) is 25.1. The third kappa shape index (κ3) is 4.16. The molecule has 0 radical (unpaired) electrons. The molecular formula is C25H24N4OS. The van der Waals surface area contributed by atoms with Gasteiger partial charge < -0.3 is 10.2 Å². The quantitative estimate of drug-likeness (QED) is 0.492. The van der Waals surface area contributed by atoms with Crippen LogP contribution in [0.2, 0.25) is 0 Å². The summed E-state index contributed by atoms with van der Waals surface area (Å²) in [6.07, 6.45) is 3.31. The van der Waals surface area contributed by atoms with Crippen LogP contribution in [0.4, 0.5) is 5.82 Å². The second-order valence-corrected chi connectivity index (χ2v) is 8.72. The summed E-state index contributed by atoms with van der Waals surface area (Å²) >= 11 is 1.65. The van der Waals surface area contributed by atoms with Gasteiger partial charge in [-0.2, -0.15) is 0 Å². The molecule has 1 aliphatic rings. The van der Waals surface area contributed by atoms with Crippen molar-refractivity contribution in [1.29, 1.82) is 0 Å². The van der Waals surface area contributed by atoms with Crippen molar-refractivity contribution in [2.75, 3.05) is 18.0 Å². The summed E-state index contributed by atoms with van der Waals surface area (Å²) in [6, 6.07) is 20.5. The van der Waals surface area contributed by atoms with Crippen molar-refractivity contribution in [1.82, 2.24) is 15.3 Å². The van der Waals surface area contributed by atoms with Crippen molar-refractivity contribution >= 4 is 33.3 Å². The monoisotopic (exact) mass is 428 g/mol. The van der Waals surface area contributed by atoms with Crippen LogP contribution in [0.1, 0.15) is 18.4 Å². The van der Waals surface area contributed by atoms with Gasteiger partial charge in [-0.3, -0.25) is 4.79 Å². The molecule has 1 amide bonds. The highest BCUT2D eigenvalue weighted by molar-refractivity contribution is 7.17. The molecule has 1 fully saturated rings. The first kappa shape index (κ1) is 19.7. The van der Waals surface area contributed by atoms with Crippen LogP contribution < -0.4 is 10.2 Å². The summed E-state index contributed by atoms with van der Waals surface area (Å²) in [6.45, 7) is 2.22. The van der Waals surface area contributed by atoms with Gasteiger partial charge >= 0.3 is 0 Å². The van der Waals surface area contributed by atoms with Crippen LogP contribution in [0.25, 0.3) is 21.3 Å². The number of piperidine rings is 1. The molecule has 0 atom stereocenters. The van der Waals surface area contributed by atoms with Gasteiger partial charge in [0.05, 0.1) is 5.39 Å². The fraction of sp³-hybridized carbons (Fsp3) is 0.240. The summed E-state index contributed by atoms with van der Waals surface area (Å²) in [7, 11) is 0. The zero-order valence-corrected chi connectivity index (χ0v) is 18.0. The standard InChI is InChI=1S/C25H24N4OS/c30-24(26-15-18-7-3-1-4-8-18)20-11-13-29(14-12-20)23-22-21(19-9-5-2-6-10-19)16-31-25(22)28-17-27-23/h1-10,16-17,20H,11-15H2,(H,26,30). The molecule has 4 aromatic rings. The largest absolute Gasteiger partial charge is 0.356 e. The first-order valence-corrected chi connectivity index (χ1v) is 11.5. The molecular weight excluding hydrogens is 404 g/mol. The Morgan fingerprint density at radius 3 is 2.45 bits per heavy atom. The Morgan fingerprint density at radius 2 is 1.71 bits per heavy atom. The lowest BCUT2D eigenvalue weighted by molar-refractivity contribution is -0.125.